The van der Waals surface area contributed by atoms with Crippen LogP contribution in [0.3, 0.4) is 0 Å². The highest BCUT2D eigenvalue weighted by molar-refractivity contribution is 5.24. The molecular weight excluding hydrogens is 232 g/mol. The minimum absolute atomic E-state index is 0.276. The van der Waals surface area contributed by atoms with Crippen LogP contribution in [-0.4, -0.2) is 5.11 Å². The molecule has 1 atom stereocenters. The van der Waals surface area contributed by atoms with Gasteiger partial charge in [0.05, 0.1) is 6.10 Å². The molecule has 1 heteroatoms. The zero-order valence-electron chi connectivity index (χ0n) is 12.7. The molecule has 1 aromatic carbocycles. The summed E-state index contributed by atoms with van der Waals surface area (Å²) >= 11 is 0. The van der Waals surface area contributed by atoms with Crippen molar-refractivity contribution >= 4 is 0 Å². The Morgan fingerprint density at radius 2 is 1.47 bits per heavy atom. The first-order chi connectivity index (χ1) is 9.27. The molecule has 1 rings (SSSR count). The van der Waals surface area contributed by atoms with Crippen molar-refractivity contribution in [2.75, 3.05) is 0 Å². The van der Waals surface area contributed by atoms with Crippen LogP contribution >= 0.6 is 0 Å². The van der Waals surface area contributed by atoms with E-state index in [1.54, 1.807) is 0 Å². The third-order valence-electron chi connectivity index (χ3n) is 3.76. The molecule has 1 unspecified atom stereocenters. The number of aliphatic hydroxyl groups is 1. The van der Waals surface area contributed by atoms with Crippen LogP contribution in [0.4, 0.5) is 0 Å². The smallest absolute Gasteiger partial charge is 0.0790 e. The van der Waals surface area contributed by atoms with Gasteiger partial charge in [-0.25, -0.2) is 0 Å². The Bertz CT molecular complexity index is 315. The molecule has 0 aromatic heterocycles. The van der Waals surface area contributed by atoms with Crippen molar-refractivity contribution in [1.29, 1.82) is 0 Å². The van der Waals surface area contributed by atoms with E-state index in [9.17, 15) is 5.11 Å². The third-order valence-corrected chi connectivity index (χ3v) is 3.76. The summed E-state index contributed by atoms with van der Waals surface area (Å²) in [5, 5.41) is 10.1. The third kappa shape index (κ3) is 6.77. The molecule has 0 bridgehead atoms. The van der Waals surface area contributed by atoms with Crippen molar-refractivity contribution < 1.29 is 5.11 Å². The molecule has 0 saturated carbocycles. The SMILES string of the molecule is CCCCCCCC(O)c1ccc(CCCC)cc1. The first kappa shape index (κ1) is 16.2. The first-order valence-corrected chi connectivity index (χ1v) is 8.04. The van der Waals surface area contributed by atoms with Gasteiger partial charge in [0.15, 0.2) is 0 Å². The topological polar surface area (TPSA) is 20.2 Å². The Morgan fingerprint density at radius 3 is 2.11 bits per heavy atom. The fourth-order valence-corrected chi connectivity index (χ4v) is 2.40. The average Bonchev–Trinajstić information content (AvgIpc) is 2.45. The predicted octanol–water partition coefficient (Wildman–Crippen LogP) is 5.42. The highest BCUT2D eigenvalue weighted by atomic mass is 16.3. The van der Waals surface area contributed by atoms with Crippen LogP contribution in [-0.2, 0) is 6.42 Å². The summed E-state index contributed by atoms with van der Waals surface area (Å²) in [5.74, 6) is 0. The van der Waals surface area contributed by atoms with Gasteiger partial charge in [0.1, 0.15) is 0 Å². The van der Waals surface area contributed by atoms with E-state index in [4.69, 9.17) is 0 Å². The van der Waals surface area contributed by atoms with Gasteiger partial charge in [-0.15, -0.1) is 0 Å². The van der Waals surface area contributed by atoms with E-state index >= 15 is 0 Å². The zero-order valence-corrected chi connectivity index (χ0v) is 12.7. The molecule has 1 aromatic rings. The molecule has 1 N–H and O–H groups in total. The van der Waals surface area contributed by atoms with Crippen LogP contribution in [0.2, 0.25) is 0 Å². The van der Waals surface area contributed by atoms with Crippen LogP contribution in [0, 0.1) is 0 Å². The van der Waals surface area contributed by atoms with Crippen molar-refractivity contribution in [3.63, 3.8) is 0 Å². The largest absolute Gasteiger partial charge is 0.388 e. The lowest BCUT2D eigenvalue weighted by Crippen LogP contribution is -1.98. The average molecular weight is 262 g/mol. The van der Waals surface area contributed by atoms with E-state index < -0.39 is 0 Å². The minimum atomic E-state index is -0.276. The van der Waals surface area contributed by atoms with E-state index in [1.807, 2.05) is 0 Å². The zero-order chi connectivity index (χ0) is 13.9. The molecule has 108 valence electrons. The number of hydrogen-bond acceptors (Lipinski definition) is 1. The van der Waals surface area contributed by atoms with Gasteiger partial charge in [0.2, 0.25) is 0 Å². The van der Waals surface area contributed by atoms with Crippen molar-refractivity contribution in [3.05, 3.63) is 35.4 Å². The van der Waals surface area contributed by atoms with Crippen molar-refractivity contribution in [2.45, 2.75) is 77.7 Å². The Labute approximate surface area is 119 Å². The van der Waals surface area contributed by atoms with E-state index in [1.165, 1.54) is 44.1 Å². The van der Waals surface area contributed by atoms with Gasteiger partial charge in [-0.05, 0) is 30.4 Å². The molecule has 19 heavy (non-hydrogen) atoms. The molecule has 0 heterocycles. The maximum atomic E-state index is 10.1. The Morgan fingerprint density at radius 1 is 0.842 bits per heavy atom. The summed E-state index contributed by atoms with van der Waals surface area (Å²) in [7, 11) is 0. The van der Waals surface area contributed by atoms with Gasteiger partial charge in [-0.1, -0.05) is 76.6 Å². The fourth-order valence-electron chi connectivity index (χ4n) is 2.40. The van der Waals surface area contributed by atoms with Gasteiger partial charge >= 0.3 is 0 Å². The molecule has 0 radical (unpaired) electrons. The summed E-state index contributed by atoms with van der Waals surface area (Å²) in [6.45, 7) is 4.45. The predicted molar refractivity (Wildman–Crippen MR) is 83.4 cm³/mol. The van der Waals surface area contributed by atoms with Crippen LogP contribution in [0.1, 0.15) is 82.4 Å². The number of rotatable bonds is 10. The van der Waals surface area contributed by atoms with E-state index in [0.717, 1.165) is 24.8 Å². The normalized spacial score (nSPS) is 12.6. The maximum Gasteiger partial charge on any atom is 0.0790 e. The van der Waals surface area contributed by atoms with Crippen molar-refractivity contribution in [1.82, 2.24) is 0 Å². The molecule has 0 fully saturated rings. The molecular formula is C18H30O. The highest BCUT2D eigenvalue weighted by Crippen LogP contribution is 2.21. The van der Waals surface area contributed by atoms with Crippen molar-refractivity contribution in [3.8, 4) is 0 Å². The van der Waals surface area contributed by atoms with E-state index in [0.29, 0.717) is 0 Å². The molecule has 0 saturated heterocycles. The van der Waals surface area contributed by atoms with Crippen LogP contribution in [0.5, 0.6) is 0 Å². The second-order valence-electron chi connectivity index (χ2n) is 5.56. The van der Waals surface area contributed by atoms with Gasteiger partial charge < -0.3 is 5.11 Å². The van der Waals surface area contributed by atoms with Crippen LogP contribution in [0.15, 0.2) is 24.3 Å². The monoisotopic (exact) mass is 262 g/mol. The van der Waals surface area contributed by atoms with Gasteiger partial charge in [-0.3, -0.25) is 0 Å². The lowest BCUT2D eigenvalue weighted by Gasteiger charge is -2.11. The number of aliphatic hydroxyl groups excluding tert-OH is 1. The van der Waals surface area contributed by atoms with E-state index in [2.05, 4.69) is 38.1 Å². The number of benzene rings is 1. The number of aryl methyl sites for hydroxylation is 1. The summed E-state index contributed by atoms with van der Waals surface area (Å²) in [5.41, 5.74) is 2.47. The molecule has 1 nitrogen and oxygen atoms in total. The Balaban J connectivity index is 2.29. The quantitative estimate of drug-likeness (QED) is 0.558. The van der Waals surface area contributed by atoms with Gasteiger partial charge in [0.25, 0.3) is 0 Å². The maximum absolute atomic E-state index is 10.1. The number of hydrogen-bond donors (Lipinski definition) is 1. The molecule has 0 amide bonds. The van der Waals surface area contributed by atoms with Crippen molar-refractivity contribution in [2.24, 2.45) is 0 Å². The summed E-state index contributed by atoms with van der Waals surface area (Å²) in [6, 6.07) is 8.54. The van der Waals surface area contributed by atoms with E-state index in [-0.39, 0.29) is 6.10 Å². The standard InChI is InChI=1S/C18H30O/c1-3-5-7-8-9-11-18(19)17-14-12-16(13-15-17)10-6-4-2/h12-15,18-19H,3-11H2,1-2H3. The first-order valence-electron chi connectivity index (χ1n) is 8.04. The molecule has 0 aliphatic heterocycles. The molecule has 0 spiro atoms. The highest BCUT2D eigenvalue weighted by Gasteiger charge is 2.06. The van der Waals surface area contributed by atoms with Crippen LogP contribution < -0.4 is 0 Å². The molecule has 0 aliphatic carbocycles. The minimum Gasteiger partial charge on any atom is -0.388 e. The van der Waals surface area contributed by atoms with Gasteiger partial charge in [-0.2, -0.15) is 0 Å². The second-order valence-corrected chi connectivity index (χ2v) is 5.56. The Kier molecular flexibility index (Phi) is 8.57. The van der Waals surface area contributed by atoms with Crippen LogP contribution in [0.25, 0.3) is 0 Å². The lowest BCUT2D eigenvalue weighted by atomic mass is 10.00. The fraction of sp³-hybridized carbons (Fsp3) is 0.667. The number of unbranched alkanes of at least 4 members (excludes halogenated alkanes) is 5. The summed E-state index contributed by atoms with van der Waals surface area (Å²) in [6.07, 6.45) is 10.6. The second kappa shape index (κ2) is 10.0. The molecule has 0 aliphatic rings. The lowest BCUT2D eigenvalue weighted by molar-refractivity contribution is 0.163. The Hall–Kier alpha value is -0.820. The summed E-state index contributed by atoms with van der Waals surface area (Å²) < 4.78 is 0. The summed E-state index contributed by atoms with van der Waals surface area (Å²) in [4.78, 5) is 0. The van der Waals surface area contributed by atoms with Gasteiger partial charge in [0, 0.05) is 0 Å².